The van der Waals surface area contributed by atoms with Crippen LogP contribution in [-0.2, 0) is 0 Å². The largest absolute Gasteiger partial charge is 0.295 e. The average Bonchev–Trinajstić information content (AvgIpc) is 1.84. The first-order chi connectivity index (χ1) is 5.43. The summed E-state index contributed by atoms with van der Waals surface area (Å²) in [6, 6.07) is 0.777. The molecule has 1 fully saturated rings. The van der Waals surface area contributed by atoms with Crippen LogP contribution in [0.15, 0.2) is 12.2 Å². The minimum absolute atomic E-state index is 0.439. The molecule has 1 rings (SSSR count). The van der Waals surface area contributed by atoms with Gasteiger partial charge in [0.2, 0.25) is 0 Å². The predicted molar refractivity (Wildman–Crippen MR) is 54.3 cm³/mol. The van der Waals surface area contributed by atoms with Crippen LogP contribution in [0.5, 0.6) is 0 Å². The Labute approximate surface area is 76.5 Å². The van der Waals surface area contributed by atoms with Crippen LogP contribution in [0, 0.1) is 0 Å². The molecule has 1 saturated heterocycles. The summed E-state index contributed by atoms with van der Waals surface area (Å²) < 4.78 is 0. The molecule has 70 valence electrons. The van der Waals surface area contributed by atoms with Gasteiger partial charge >= 0.3 is 0 Å². The Morgan fingerprint density at radius 1 is 1.58 bits per heavy atom. The monoisotopic (exact) mass is 167 g/mol. The highest BCUT2D eigenvalue weighted by atomic mass is 15.3. The normalized spacial score (nSPS) is 28.2. The van der Waals surface area contributed by atoms with E-state index in [0.29, 0.717) is 5.54 Å². The SMILES string of the molecule is C=C(C)CCN1C(C)CC1(C)C. The molecule has 1 atom stereocenters. The van der Waals surface area contributed by atoms with Crippen LogP contribution >= 0.6 is 0 Å². The van der Waals surface area contributed by atoms with Gasteiger partial charge in [-0.1, -0.05) is 5.57 Å². The summed E-state index contributed by atoms with van der Waals surface area (Å²) in [5, 5.41) is 0. The van der Waals surface area contributed by atoms with Crippen molar-refractivity contribution in [2.24, 2.45) is 0 Å². The van der Waals surface area contributed by atoms with Crippen molar-refractivity contribution in [3.8, 4) is 0 Å². The first kappa shape index (κ1) is 9.79. The third-order valence-corrected chi connectivity index (χ3v) is 2.88. The second kappa shape index (κ2) is 3.21. The lowest BCUT2D eigenvalue weighted by Gasteiger charge is -2.54. The molecular formula is C11H21N. The highest BCUT2D eigenvalue weighted by Gasteiger charge is 2.41. The van der Waals surface area contributed by atoms with Gasteiger partial charge in [0, 0.05) is 18.1 Å². The zero-order chi connectivity index (χ0) is 9.35. The summed E-state index contributed by atoms with van der Waals surface area (Å²) in [5.74, 6) is 0. The fourth-order valence-electron chi connectivity index (χ4n) is 2.27. The number of nitrogens with zero attached hydrogens (tertiary/aromatic N) is 1. The average molecular weight is 167 g/mol. The fraction of sp³-hybridized carbons (Fsp3) is 0.818. The van der Waals surface area contributed by atoms with Crippen molar-refractivity contribution in [2.45, 2.75) is 52.1 Å². The van der Waals surface area contributed by atoms with Gasteiger partial charge in [0.15, 0.2) is 0 Å². The van der Waals surface area contributed by atoms with E-state index in [1.54, 1.807) is 0 Å². The quantitative estimate of drug-likeness (QED) is 0.584. The number of likely N-dealkylation sites (tertiary alicyclic amines) is 1. The molecule has 0 aromatic carbocycles. The van der Waals surface area contributed by atoms with Crippen molar-refractivity contribution in [1.29, 1.82) is 0 Å². The van der Waals surface area contributed by atoms with Crippen molar-refractivity contribution in [1.82, 2.24) is 4.90 Å². The molecule has 0 radical (unpaired) electrons. The first-order valence-electron chi connectivity index (χ1n) is 4.84. The van der Waals surface area contributed by atoms with E-state index in [0.717, 1.165) is 12.5 Å². The maximum absolute atomic E-state index is 3.93. The van der Waals surface area contributed by atoms with E-state index < -0.39 is 0 Å². The highest BCUT2D eigenvalue weighted by molar-refractivity contribution is 5.00. The third kappa shape index (κ3) is 1.89. The van der Waals surface area contributed by atoms with Crippen molar-refractivity contribution in [2.75, 3.05) is 6.54 Å². The summed E-state index contributed by atoms with van der Waals surface area (Å²) in [6.07, 6.45) is 2.48. The molecule has 0 aliphatic carbocycles. The van der Waals surface area contributed by atoms with E-state index in [9.17, 15) is 0 Å². The molecule has 0 spiro atoms. The van der Waals surface area contributed by atoms with Crippen LogP contribution in [0.4, 0.5) is 0 Å². The third-order valence-electron chi connectivity index (χ3n) is 2.88. The number of rotatable bonds is 3. The summed E-state index contributed by atoms with van der Waals surface area (Å²) in [5.41, 5.74) is 1.74. The van der Waals surface area contributed by atoms with E-state index in [2.05, 4.69) is 39.2 Å². The topological polar surface area (TPSA) is 3.24 Å². The second-order valence-electron chi connectivity index (χ2n) is 4.77. The van der Waals surface area contributed by atoms with Crippen LogP contribution in [0.2, 0.25) is 0 Å². The van der Waals surface area contributed by atoms with Gasteiger partial charge in [0.05, 0.1) is 0 Å². The lowest BCUT2D eigenvalue weighted by Crippen LogP contribution is -2.61. The molecule has 0 N–H and O–H groups in total. The molecular weight excluding hydrogens is 146 g/mol. The molecule has 1 nitrogen and oxygen atoms in total. The highest BCUT2D eigenvalue weighted by Crippen LogP contribution is 2.35. The summed E-state index contributed by atoms with van der Waals surface area (Å²) in [7, 11) is 0. The van der Waals surface area contributed by atoms with Crippen molar-refractivity contribution >= 4 is 0 Å². The molecule has 0 aromatic heterocycles. The Balaban J connectivity index is 2.36. The Bertz CT molecular complexity index is 181. The van der Waals surface area contributed by atoms with Gasteiger partial charge < -0.3 is 0 Å². The summed E-state index contributed by atoms with van der Waals surface area (Å²) >= 11 is 0. The van der Waals surface area contributed by atoms with Crippen LogP contribution in [-0.4, -0.2) is 23.0 Å². The van der Waals surface area contributed by atoms with Gasteiger partial charge in [0.25, 0.3) is 0 Å². The van der Waals surface area contributed by atoms with Gasteiger partial charge in [0.1, 0.15) is 0 Å². The molecule has 0 saturated carbocycles. The zero-order valence-corrected chi connectivity index (χ0v) is 8.85. The molecule has 12 heavy (non-hydrogen) atoms. The number of hydrogen-bond donors (Lipinski definition) is 0. The summed E-state index contributed by atoms with van der Waals surface area (Å²) in [4.78, 5) is 2.57. The molecule has 0 bridgehead atoms. The Hall–Kier alpha value is -0.300. The smallest absolute Gasteiger partial charge is 0.0170 e. The second-order valence-corrected chi connectivity index (χ2v) is 4.77. The van der Waals surface area contributed by atoms with E-state index in [1.165, 1.54) is 18.5 Å². The van der Waals surface area contributed by atoms with Crippen molar-refractivity contribution in [3.63, 3.8) is 0 Å². The van der Waals surface area contributed by atoms with Crippen LogP contribution < -0.4 is 0 Å². The fourth-order valence-corrected chi connectivity index (χ4v) is 2.27. The first-order valence-corrected chi connectivity index (χ1v) is 4.84. The van der Waals surface area contributed by atoms with Crippen LogP contribution in [0.1, 0.15) is 40.5 Å². The van der Waals surface area contributed by atoms with Crippen molar-refractivity contribution in [3.05, 3.63) is 12.2 Å². The Kier molecular flexibility index (Phi) is 2.62. The molecule has 0 aromatic rings. The standard InChI is InChI=1S/C11H21N/c1-9(2)6-7-12-10(3)8-11(12,4)5/h10H,1,6-8H2,2-5H3. The molecule has 1 unspecified atom stereocenters. The van der Waals surface area contributed by atoms with Gasteiger partial charge in [-0.15, -0.1) is 6.58 Å². The van der Waals surface area contributed by atoms with Crippen LogP contribution in [0.3, 0.4) is 0 Å². The molecule has 0 amide bonds. The summed E-state index contributed by atoms with van der Waals surface area (Å²) in [6.45, 7) is 14.2. The lowest BCUT2D eigenvalue weighted by atomic mass is 9.82. The predicted octanol–water partition coefficient (Wildman–Crippen LogP) is 2.83. The molecule has 1 heterocycles. The van der Waals surface area contributed by atoms with Gasteiger partial charge in [-0.2, -0.15) is 0 Å². The zero-order valence-electron chi connectivity index (χ0n) is 8.85. The molecule has 1 heteroatoms. The van der Waals surface area contributed by atoms with Crippen molar-refractivity contribution < 1.29 is 0 Å². The van der Waals surface area contributed by atoms with E-state index in [-0.39, 0.29) is 0 Å². The molecule has 1 aliphatic heterocycles. The maximum atomic E-state index is 3.93. The number of hydrogen-bond acceptors (Lipinski definition) is 1. The maximum Gasteiger partial charge on any atom is 0.0170 e. The van der Waals surface area contributed by atoms with Gasteiger partial charge in [-0.05, 0) is 40.5 Å². The van der Waals surface area contributed by atoms with Gasteiger partial charge in [-0.3, -0.25) is 4.90 Å². The Morgan fingerprint density at radius 2 is 2.17 bits per heavy atom. The minimum Gasteiger partial charge on any atom is -0.295 e. The van der Waals surface area contributed by atoms with Gasteiger partial charge in [-0.25, -0.2) is 0 Å². The van der Waals surface area contributed by atoms with E-state index in [1.807, 2.05) is 0 Å². The van der Waals surface area contributed by atoms with Crippen LogP contribution in [0.25, 0.3) is 0 Å². The Morgan fingerprint density at radius 3 is 2.50 bits per heavy atom. The van der Waals surface area contributed by atoms with E-state index >= 15 is 0 Å². The lowest BCUT2D eigenvalue weighted by molar-refractivity contribution is -0.0386. The van der Waals surface area contributed by atoms with E-state index in [4.69, 9.17) is 0 Å². The minimum atomic E-state index is 0.439. The molecule has 1 aliphatic rings.